The third kappa shape index (κ3) is 8.69. The van der Waals surface area contributed by atoms with E-state index in [9.17, 15) is 13.2 Å². The molecule has 0 saturated carbocycles. The molecule has 2 aliphatic heterocycles. The van der Waals surface area contributed by atoms with Crippen LogP contribution in [-0.4, -0.2) is 78.8 Å². The zero-order valence-electron chi connectivity index (χ0n) is 19.2. The highest BCUT2D eigenvalue weighted by Gasteiger charge is 2.34. The van der Waals surface area contributed by atoms with E-state index in [4.69, 9.17) is 9.41 Å². The summed E-state index contributed by atoms with van der Waals surface area (Å²) in [6, 6.07) is -0.00490. The number of rotatable bonds is 7. The van der Waals surface area contributed by atoms with E-state index < -0.39 is 12.7 Å². The largest absolute Gasteiger partial charge is 0.444 e. The second-order valence-electron chi connectivity index (χ2n) is 8.67. The SMILES string of the molecule is CCNC(=NCC1CCN(Cc2nc(C)c(C)o2)CC1)NC1CCN(CC(F)(F)F)C1.I. The molecule has 0 amide bonds. The van der Waals surface area contributed by atoms with Gasteiger partial charge in [0.15, 0.2) is 5.96 Å². The highest BCUT2D eigenvalue weighted by molar-refractivity contribution is 14.0. The van der Waals surface area contributed by atoms with Gasteiger partial charge >= 0.3 is 6.18 Å². The van der Waals surface area contributed by atoms with Crippen LogP contribution < -0.4 is 10.6 Å². The third-order valence-electron chi connectivity index (χ3n) is 6.01. The van der Waals surface area contributed by atoms with Crippen LogP contribution in [0.5, 0.6) is 0 Å². The van der Waals surface area contributed by atoms with Crippen LogP contribution in [0, 0.1) is 19.8 Å². The average Bonchev–Trinajstić information content (AvgIpc) is 3.25. The monoisotopic (exact) mass is 572 g/mol. The molecule has 184 valence electrons. The topological polar surface area (TPSA) is 68.9 Å². The van der Waals surface area contributed by atoms with Gasteiger partial charge in [-0.25, -0.2) is 4.98 Å². The third-order valence-corrected chi connectivity index (χ3v) is 6.01. The Balaban J connectivity index is 0.00000363. The maximum atomic E-state index is 12.6. The number of likely N-dealkylation sites (tertiary alicyclic amines) is 2. The number of nitrogens with one attached hydrogen (secondary N) is 2. The summed E-state index contributed by atoms with van der Waals surface area (Å²) in [5.41, 5.74) is 0.950. The molecule has 0 aromatic carbocycles. The van der Waals surface area contributed by atoms with Gasteiger partial charge in [-0.15, -0.1) is 24.0 Å². The number of nitrogens with zero attached hydrogens (tertiary/aromatic N) is 4. The van der Waals surface area contributed by atoms with Crippen molar-refractivity contribution in [1.29, 1.82) is 0 Å². The van der Waals surface area contributed by atoms with Crippen molar-refractivity contribution in [2.24, 2.45) is 10.9 Å². The molecule has 1 unspecified atom stereocenters. The fourth-order valence-corrected chi connectivity index (χ4v) is 4.21. The summed E-state index contributed by atoms with van der Waals surface area (Å²) in [7, 11) is 0. The lowest BCUT2D eigenvalue weighted by molar-refractivity contribution is -0.143. The highest BCUT2D eigenvalue weighted by Crippen LogP contribution is 2.21. The van der Waals surface area contributed by atoms with Gasteiger partial charge in [0.05, 0.1) is 18.8 Å². The number of aryl methyl sites for hydroxylation is 2. The quantitative estimate of drug-likeness (QED) is 0.297. The molecule has 3 rings (SSSR count). The van der Waals surface area contributed by atoms with Crippen LogP contribution in [0.4, 0.5) is 13.2 Å². The fourth-order valence-electron chi connectivity index (χ4n) is 4.21. The molecule has 2 saturated heterocycles. The molecule has 1 aromatic rings. The minimum absolute atomic E-state index is 0. The molecule has 2 aliphatic rings. The number of guanidine groups is 1. The van der Waals surface area contributed by atoms with Crippen LogP contribution in [0.3, 0.4) is 0 Å². The van der Waals surface area contributed by atoms with E-state index in [1.807, 2.05) is 20.8 Å². The first-order valence-electron chi connectivity index (χ1n) is 11.2. The summed E-state index contributed by atoms with van der Waals surface area (Å²) < 4.78 is 43.5. The number of hydrogen-bond acceptors (Lipinski definition) is 5. The molecule has 1 aromatic heterocycles. The van der Waals surface area contributed by atoms with Crippen LogP contribution in [0.25, 0.3) is 0 Å². The van der Waals surface area contributed by atoms with Crippen molar-refractivity contribution in [3.8, 4) is 0 Å². The molecule has 0 bridgehead atoms. The molecule has 1 atom stereocenters. The minimum atomic E-state index is -4.15. The van der Waals surface area contributed by atoms with Gasteiger partial charge in [-0.05, 0) is 59.0 Å². The van der Waals surface area contributed by atoms with E-state index in [1.165, 1.54) is 4.90 Å². The van der Waals surface area contributed by atoms with Crippen LogP contribution >= 0.6 is 24.0 Å². The molecule has 11 heteroatoms. The molecular formula is C21H36F3IN6O. The Kier molecular flexibility index (Phi) is 10.5. The van der Waals surface area contributed by atoms with E-state index in [2.05, 4.69) is 20.5 Å². The summed E-state index contributed by atoms with van der Waals surface area (Å²) in [6.45, 7) is 10.0. The Labute approximate surface area is 205 Å². The molecule has 32 heavy (non-hydrogen) atoms. The standard InChI is InChI=1S/C21H35F3N6O.HI/c1-4-25-20(28-18-7-10-30(12-18)14-21(22,23)24)26-11-17-5-8-29(9-6-17)13-19-27-15(2)16(3)31-19;/h17-18H,4-14H2,1-3H3,(H2,25,26,28);1H. The second kappa shape index (κ2) is 12.4. The predicted octanol–water partition coefficient (Wildman–Crippen LogP) is 3.31. The number of alkyl halides is 3. The summed E-state index contributed by atoms with van der Waals surface area (Å²) in [6.07, 6.45) is -1.33. The molecule has 2 N–H and O–H groups in total. The van der Waals surface area contributed by atoms with E-state index in [1.54, 1.807) is 0 Å². The van der Waals surface area contributed by atoms with E-state index in [0.717, 1.165) is 62.9 Å². The number of aromatic nitrogens is 1. The van der Waals surface area contributed by atoms with Crippen molar-refractivity contribution in [2.75, 3.05) is 45.8 Å². The summed E-state index contributed by atoms with van der Waals surface area (Å²) in [5.74, 6) is 2.87. The van der Waals surface area contributed by atoms with E-state index in [0.29, 0.717) is 31.4 Å². The molecule has 0 radical (unpaired) electrons. The number of piperidine rings is 1. The normalized spacial score (nSPS) is 21.6. The second-order valence-corrected chi connectivity index (χ2v) is 8.67. The smallest absolute Gasteiger partial charge is 0.401 e. The summed E-state index contributed by atoms with van der Waals surface area (Å²) in [5, 5.41) is 6.55. The van der Waals surface area contributed by atoms with Crippen LogP contribution in [0.2, 0.25) is 0 Å². The zero-order chi connectivity index (χ0) is 22.4. The Bertz CT molecular complexity index is 714. The number of aliphatic imine (C=N–C) groups is 1. The van der Waals surface area contributed by atoms with Crippen LogP contribution in [0.1, 0.15) is 43.5 Å². The van der Waals surface area contributed by atoms with Crippen LogP contribution in [0.15, 0.2) is 9.41 Å². The lowest BCUT2D eigenvalue weighted by Gasteiger charge is -2.30. The van der Waals surface area contributed by atoms with Crippen LogP contribution in [-0.2, 0) is 6.54 Å². The van der Waals surface area contributed by atoms with Crippen molar-refractivity contribution in [3.05, 3.63) is 17.3 Å². The van der Waals surface area contributed by atoms with Crippen molar-refractivity contribution >= 4 is 29.9 Å². The average molecular weight is 572 g/mol. The maximum Gasteiger partial charge on any atom is 0.401 e. The Hall–Kier alpha value is -1.08. The van der Waals surface area contributed by atoms with Gasteiger partial charge in [-0.1, -0.05) is 0 Å². The summed E-state index contributed by atoms with van der Waals surface area (Å²) >= 11 is 0. The number of oxazole rings is 1. The summed E-state index contributed by atoms with van der Waals surface area (Å²) in [4.78, 5) is 13.0. The van der Waals surface area contributed by atoms with Crippen molar-refractivity contribution in [1.82, 2.24) is 25.4 Å². The Morgan fingerprint density at radius 3 is 2.44 bits per heavy atom. The molecular weight excluding hydrogens is 536 g/mol. The zero-order valence-corrected chi connectivity index (χ0v) is 21.5. The van der Waals surface area contributed by atoms with Gasteiger partial charge in [0.2, 0.25) is 5.89 Å². The first-order valence-corrected chi connectivity index (χ1v) is 11.2. The lowest BCUT2D eigenvalue weighted by atomic mass is 9.97. The van der Waals surface area contributed by atoms with Crippen molar-refractivity contribution in [2.45, 2.75) is 58.8 Å². The van der Waals surface area contributed by atoms with Gasteiger partial charge in [0, 0.05) is 32.2 Å². The first-order chi connectivity index (χ1) is 14.7. The molecule has 7 nitrogen and oxygen atoms in total. The first kappa shape index (κ1) is 27.2. The fraction of sp³-hybridized carbons (Fsp3) is 0.810. The molecule has 3 heterocycles. The van der Waals surface area contributed by atoms with Gasteiger partial charge in [-0.3, -0.25) is 14.8 Å². The number of halogens is 4. The van der Waals surface area contributed by atoms with E-state index >= 15 is 0 Å². The number of hydrogen-bond donors (Lipinski definition) is 2. The Morgan fingerprint density at radius 1 is 1.16 bits per heavy atom. The maximum absolute atomic E-state index is 12.6. The van der Waals surface area contributed by atoms with Gasteiger partial charge in [-0.2, -0.15) is 13.2 Å². The molecule has 0 spiro atoms. The van der Waals surface area contributed by atoms with Gasteiger partial charge in [0.25, 0.3) is 0 Å². The minimum Gasteiger partial charge on any atom is -0.444 e. The lowest BCUT2D eigenvalue weighted by Crippen LogP contribution is -2.45. The van der Waals surface area contributed by atoms with Gasteiger partial charge in [0.1, 0.15) is 5.76 Å². The molecule has 0 aliphatic carbocycles. The van der Waals surface area contributed by atoms with Crippen molar-refractivity contribution < 1.29 is 17.6 Å². The predicted molar refractivity (Wildman–Crippen MR) is 129 cm³/mol. The highest BCUT2D eigenvalue weighted by atomic mass is 127. The van der Waals surface area contributed by atoms with E-state index in [-0.39, 0.29) is 30.0 Å². The Morgan fingerprint density at radius 2 is 1.84 bits per heavy atom. The van der Waals surface area contributed by atoms with Gasteiger partial charge < -0.3 is 15.1 Å². The molecule has 2 fully saturated rings. The van der Waals surface area contributed by atoms with Crippen molar-refractivity contribution in [3.63, 3.8) is 0 Å².